The maximum atomic E-state index is 3.69. The van der Waals surface area contributed by atoms with Gasteiger partial charge in [-0.05, 0) is 38.1 Å². The fraction of sp³-hybridized carbons (Fsp3) is 1.00. The second-order valence-corrected chi connectivity index (χ2v) is 5.14. The summed E-state index contributed by atoms with van der Waals surface area (Å²) in [7, 11) is 0. The molecule has 1 unspecified atom stereocenters. The van der Waals surface area contributed by atoms with Crippen molar-refractivity contribution < 1.29 is 0 Å². The summed E-state index contributed by atoms with van der Waals surface area (Å²) in [5.74, 6) is 1.07. The molecule has 0 radical (unpaired) electrons. The normalized spacial score (nSPS) is 19.6. The van der Waals surface area contributed by atoms with Crippen LogP contribution in [0.25, 0.3) is 0 Å². The quantitative estimate of drug-likeness (QED) is 0.595. The zero-order valence-corrected chi connectivity index (χ0v) is 10.7. The molecule has 0 spiro atoms. The lowest BCUT2D eigenvalue weighted by Crippen LogP contribution is -2.29. The predicted octanol–water partition coefficient (Wildman–Crippen LogP) is 4.13. The van der Waals surface area contributed by atoms with Gasteiger partial charge < -0.3 is 5.32 Å². The first kappa shape index (κ1) is 13.0. The Hall–Kier alpha value is -0.0400. The molecule has 1 nitrogen and oxygen atoms in total. The van der Waals surface area contributed by atoms with Gasteiger partial charge in [0.05, 0.1) is 0 Å². The van der Waals surface area contributed by atoms with Crippen molar-refractivity contribution in [2.24, 2.45) is 5.92 Å². The maximum absolute atomic E-state index is 3.69. The Kier molecular flexibility index (Phi) is 7.08. The molecule has 0 aliphatic heterocycles. The van der Waals surface area contributed by atoms with Gasteiger partial charge in [-0.15, -0.1) is 0 Å². The molecule has 0 aromatic carbocycles. The van der Waals surface area contributed by atoms with Crippen molar-refractivity contribution in [3.05, 3.63) is 0 Å². The smallest absolute Gasteiger partial charge is 0.00643 e. The highest BCUT2D eigenvalue weighted by atomic mass is 14.9. The largest absolute Gasteiger partial charge is 0.314 e. The topological polar surface area (TPSA) is 12.0 Å². The first-order valence-corrected chi connectivity index (χ1v) is 7.10. The van der Waals surface area contributed by atoms with Crippen LogP contribution in [-0.4, -0.2) is 12.6 Å². The van der Waals surface area contributed by atoms with Crippen LogP contribution in [0.3, 0.4) is 0 Å². The van der Waals surface area contributed by atoms with E-state index in [0.717, 1.165) is 12.0 Å². The van der Waals surface area contributed by atoms with Crippen LogP contribution in [0.15, 0.2) is 0 Å². The molecule has 0 saturated heterocycles. The second-order valence-electron chi connectivity index (χ2n) is 5.14. The lowest BCUT2D eigenvalue weighted by molar-refractivity contribution is 0.424. The Bertz CT molecular complexity index is 138. The molecule has 90 valence electrons. The molecule has 0 bridgehead atoms. The molecule has 1 atom stereocenters. The zero-order valence-electron chi connectivity index (χ0n) is 10.7. The monoisotopic (exact) mass is 211 g/mol. The zero-order chi connectivity index (χ0) is 10.9. The lowest BCUT2D eigenvalue weighted by Gasteiger charge is -2.16. The van der Waals surface area contributed by atoms with Crippen molar-refractivity contribution in [2.45, 2.75) is 77.7 Å². The van der Waals surface area contributed by atoms with E-state index in [-0.39, 0.29) is 0 Å². The van der Waals surface area contributed by atoms with Crippen LogP contribution in [-0.2, 0) is 0 Å². The molecular weight excluding hydrogens is 182 g/mol. The average Bonchev–Trinajstić information content (AvgIpc) is 2.75. The molecule has 0 aromatic heterocycles. The summed E-state index contributed by atoms with van der Waals surface area (Å²) in [4.78, 5) is 0. The molecule has 1 fully saturated rings. The Morgan fingerprint density at radius 3 is 2.53 bits per heavy atom. The van der Waals surface area contributed by atoms with Gasteiger partial charge >= 0.3 is 0 Å². The minimum absolute atomic E-state index is 0.776. The Labute approximate surface area is 96.0 Å². The molecule has 0 aromatic rings. The number of hydrogen-bond acceptors (Lipinski definition) is 1. The summed E-state index contributed by atoms with van der Waals surface area (Å²) in [6, 6.07) is 0.776. The SMILES string of the molecule is CCCC(CC)NCCCC1CCCC1. The third-order valence-corrected chi connectivity index (χ3v) is 3.83. The van der Waals surface area contributed by atoms with Crippen molar-refractivity contribution in [3.8, 4) is 0 Å². The third-order valence-electron chi connectivity index (χ3n) is 3.83. The summed E-state index contributed by atoms with van der Waals surface area (Å²) in [6.45, 7) is 5.82. The van der Waals surface area contributed by atoms with Crippen molar-refractivity contribution in [1.82, 2.24) is 5.32 Å². The summed E-state index contributed by atoms with van der Waals surface area (Å²) >= 11 is 0. The van der Waals surface area contributed by atoms with Gasteiger partial charge in [0.25, 0.3) is 0 Å². The lowest BCUT2D eigenvalue weighted by atomic mass is 10.0. The molecule has 1 rings (SSSR count). The first-order valence-electron chi connectivity index (χ1n) is 7.10. The molecule has 1 aliphatic rings. The molecule has 0 amide bonds. The second kappa shape index (κ2) is 8.15. The van der Waals surface area contributed by atoms with Crippen molar-refractivity contribution in [2.75, 3.05) is 6.54 Å². The van der Waals surface area contributed by atoms with Crippen molar-refractivity contribution >= 4 is 0 Å². The highest BCUT2D eigenvalue weighted by Crippen LogP contribution is 2.28. The van der Waals surface area contributed by atoms with Gasteiger partial charge in [0.15, 0.2) is 0 Å². The molecule has 0 heterocycles. The average molecular weight is 211 g/mol. The highest BCUT2D eigenvalue weighted by Gasteiger charge is 2.14. The first-order chi connectivity index (χ1) is 7.36. The van der Waals surface area contributed by atoms with E-state index >= 15 is 0 Å². The Morgan fingerprint density at radius 1 is 1.20 bits per heavy atom. The van der Waals surface area contributed by atoms with E-state index in [9.17, 15) is 0 Å². The summed E-state index contributed by atoms with van der Waals surface area (Å²) in [6.07, 6.45) is 12.8. The van der Waals surface area contributed by atoms with Crippen LogP contribution < -0.4 is 5.32 Å². The molecular formula is C14H29N. The van der Waals surface area contributed by atoms with Crippen LogP contribution in [0.1, 0.15) is 71.6 Å². The Morgan fingerprint density at radius 2 is 1.93 bits per heavy atom. The van der Waals surface area contributed by atoms with E-state index in [4.69, 9.17) is 0 Å². The van der Waals surface area contributed by atoms with Gasteiger partial charge in [0, 0.05) is 6.04 Å². The van der Waals surface area contributed by atoms with E-state index in [1.807, 2.05) is 0 Å². The fourth-order valence-corrected chi connectivity index (χ4v) is 2.79. The maximum Gasteiger partial charge on any atom is 0.00643 e. The van der Waals surface area contributed by atoms with E-state index in [1.54, 1.807) is 0 Å². The summed E-state index contributed by atoms with van der Waals surface area (Å²) < 4.78 is 0. The predicted molar refractivity (Wildman–Crippen MR) is 68.2 cm³/mol. The van der Waals surface area contributed by atoms with E-state index < -0.39 is 0 Å². The van der Waals surface area contributed by atoms with Crippen molar-refractivity contribution in [3.63, 3.8) is 0 Å². The molecule has 1 saturated carbocycles. The van der Waals surface area contributed by atoms with Crippen LogP contribution >= 0.6 is 0 Å². The van der Waals surface area contributed by atoms with Crippen molar-refractivity contribution in [1.29, 1.82) is 0 Å². The van der Waals surface area contributed by atoms with E-state index in [1.165, 1.54) is 64.3 Å². The molecule has 15 heavy (non-hydrogen) atoms. The van der Waals surface area contributed by atoms with E-state index in [0.29, 0.717) is 0 Å². The summed E-state index contributed by atoms with van der Waals surface area (Å²) in [5, 5.41) is 3.69. The van der Waals surface area contributed by atoms with Crippen LogP contribution in [0.4, 0.5) is 0 Å². The van der Waals surface area contributed by atoms with Crippen LogP contribution in [0, 0.1) is 5.92 Å². The Balaban J connectivity index is 1.94. The standard InChI is InChI=1S/C14H29N/c1-3-8-14(4-2)15-12-7-11-13-9-5-6-10-13/h13-15H,3-12H2,1-2H3. The van der Waals surface area contributed by atoms with Gasteiger partial charge in [-0.3, -0.25) is 0 Å². The number of hydrogen-bond donors (Lipinski definition) is 1. The van der Waals surface area contributed by atoms with Crippen LogP contribution in [0.5, 0.6) is 0 Å². The van der Waals surface area contributed by atoms with Gasteiger partial charge in [0.1, 0.15) is 0 Å². The van der Waals surface area contributed by atoms with Gasteiger partial charge in [0.2, 0.25) is 0 Å². The fourth-order valence-electron chi connectivity index (χ4n) is 2.79. The van der Waals surface area contributed by atoms with E-state index in [2.05, 4.69) is 19.2 Å². The van der Waals surface area contributed by atoms with Gasteiger partial charge in [-0.2, -0.15) is 0 Å². The molecule has 1 aliphatic carbocycles. The number of rotatable bonds is 8. The summed E-state index contributed by atoms with van der Waals surface area (Å²) in [5.41, 5.74) is 0. The minimum Gasteiger partial charge on any atom is -0.314 e. The number of nitrogens with one attached hydrogen (secondary N) is 1. The van der Waals surface area contributed by atoms with Gasteiger partial charge in [-0.1, -0.05) is 46.0 Å². The third kappa shape index (κ3) is 5.55. The molecule has 1 N–H and O–H groups in total. The van der Waals surface area contributed by atoms with Gasteiger partial charge in [-0.25, -0.2) is 0 Å². The van der Waals surface area contributed by atoms with Crippen LogP contribution in [0.2, 0.25) is 0 Å². The minimum atomic E-state index is 0.776. The molecule has 1 heteroatoms. The highest BCUT2D eigenvalue weighted by molar-refractivity contribution is 4.69.